The van der Waals surface area contributed by atoms with Gasteiger partial charge in [0.1, 0.15) is 5.75 Å². The number of hydrogen-bond donors (Lipinski definition) is 2. The van der Waals surface area contributed by atoms with E-state index in [1.807, 2.05) is 6.07 Å². The van der Waals surface area contributed by atoms with Crippen LogP contribution in [0.3, 0.4) is 0 Å². The van der Waals surface area contributed by atoms with E-state index >= 15 is 0 Å². The van der Waals surface area contributed by atoms with E-state index in [-0.39, 0.29) is 0 Å². The highest BCUT2D eigenvalue weighted by atomic mass is 16.5. The van der Waals surface area contributed by atoms with Gasteiger partial charge in [0, 0.05) is 5.56 Å². The first kappa shape index (κ1) is 17.0. The summed E-state index contributed by atoms with van der Waals surface area (Å²) in [5.74, 6) is 1.76. The molecule has 1 rings (SSSR count). The standard InChI is InChI=1S/C17H29NO2/c1-11(2)6-8-15(19)17(18)14-10-13(12(3)4)7-9-16(14)20-5/h7,9-12,15,17,19H,6,8,18H2,1-5H3/t15-,17+/m1/s1. The van der Waals surface area contributed by atoms with Crippen molar-refractivity contribution in [1.29, 1.82) is 0 Å². The molecule has 0 heterocycles. The normalized spacial score (nSPS) is 14.7. The van der Waals surface area contributed by atoms with Crippen LogP contribution < -0.4 is 10.5 Å². The van der Waals surface area contributed by atoms with Crippen LogP contribution in [-0.4, -0.2) is 18.3 Å². The summed E-state index contributed by atoms with van der Waals surface area (Å²) < 4.78 is 5.39. The van der Waals surface area contributed by atoms with Gasteiger partial charge < -0.3 is 15.6 Å². The van der Waals surface area contributed by atoms with Crippen molar-refractivity contribution in [1.82, 2.24) is 0 Å². The van der Waals surface area contributed by atoms with E-state index in [1.165, 1.54) is 5.56 Å². The van der Waals surface area contributed by atoms with Crippen molar-refractivity contribution < 1.29 is 9.84 Å². The topological polar surface area (TPSA) is 55.5 Å². The zero-order valence-electron chi connectivity index (χ0n) is 13.4. The van der Waals surface area contributed by atoms with Crippen LogP contribution in [0.15, 0.2) is 18.2 Å². The van der Waals surface area contributed by atoms with Crippen LogP contribution in [-0.2, 0) is 0 Å². The number of aliphatic hydroxyl groups excluding tert-OH is 1. The lowest BCUT2D eigenvalue weighted by Crippen LogP contribution is -2.27. The van der Waals surface area contributed by atoms with E-state index in [1.54, 1.807) is 7.11 Å². The molecule has 0 saturated carbocycles. The van der Waals surface area contributed by atoms with E-state index in [0.717, 1.165) is 17.7 Å². The minimum absolute atomic E-state index is 0.401. The van der Waals surface area contributed by atoms with Crippen molar-refractivity contribution in [3.63, 3.8) is 0 Å². The van der Waals surface area contributed by atoms with Crippen LogP contribution in [0.2, 0.25) is 0 Å². The molecule has 2 atom stereocenters. The molecule has 3 heteroatoms. The quantitative estimate of drug-likeness (QED) is 0.801. The molecule has 0 spiro atoms. The second kappa shape index (κ2) is 7.65. The molecule has 0 bridgehead atoms. The molecule has 0 saturated heterocycles. The van der Waals surface area contributed by atoms with Crippen molar-refractivity contribution in [2.24, 2.45) is 11.7 Å². The molecule has 3 nitrogen and oxygen atoms in total. The highest BCUT2D eigenvalue weighted by Gasteiger charge is 2.21. The SMILES string of the molecule is COc1ccc(C(C)C)cc1[C@H](N)[C@H](O)CCC(C)C. The van der Waals surface area contributed by atoms with Crippen LogP contribution >= 0.6 is 0 Å². The van der Waals surface area contributed by atoms with Gasteiger partial charge in [0.25, 0.3) is 0 Å². The van der Waals surface area contributed by atoms with Gasteiger partial charge in [-0.05, 0) is 36.3 Å². The molecule has 1 aromatic rings. The number of methoxy groups -OCH3 is 1. The first-order chi connectivity index (χ1) is 9.36. The summed E-state index contributed by atoms with van der Waals surface area (Å²) >= 11 is 0. The maximum absolute atomic E-state index is 10.3. The Morgan fingerprint density at radius 1 is 1.15 bits per heavy atom. The maximum atomic E-state index is 10.3. The molecule has 20 heavy (non-hydrogen) atoms. The number of benzene rings is 1. The predicted octanol–water partition coefficient (Wildman–Crippen LogP) is 3.62. The van der Waals surface area contributed by atoms with Gasteiger partial charge in [0.15, 0.2) is 0 Å². The van der Waals surface area contributed by atoms with Crippen LogP contribution in [0.5, 0.6) is 5.75 Å². The van der Waals surface area contributed by atoms with E-state index in [9.17, 15) is 5.11 Å². The first-order valence-electron chi connectivity index (χ1n) is 7.48. The third kappa shape index (κ3) is 4.50. The highest BCUT2D eigenvalue weighted by molar-refractivity contribution is 5.40. The Hall–Kier alpha value is -1.06. The lowest BCUT2D eigenvalue weighted by atomic mass is 9.92. The van der Waals surface area contributed by atoms with Crippen molar-refractivity contribution in [3.05, 3.63) is 29.3 Å². The fourth-order valence-corrected chi connectivity index (χ4v) is 2.26. The molecule has 0 aliphatic heterocycles. The Morgan fingerprint density at radius 3 is 2.30 bits per heavy atom. The average molecular weight is 279 g/mol. The zero-order chi connectivity index (χ0) is 15.3. The number of rotatable bonds is 7. The molecule has 0 aromatic heterocycles. The largest absolute Gasteiger partial charge is 0.496 e. The average Bonchev–Trinajstić information content (AvgIpc) is 2.42. The molecule has 0 amide bonds. The van der Waals surface area contributed by atoms with E-state index in [2.05, 4.69) is 39.8 Å². The van der Waals surface area contributed by atoms with Crippen LogP contribution in [0, 0.1) is 5.92 Å². The Balaban J connectivity index is 2.94. The summed E-state index contributed by atoms with van der Waals surface area (Å²) in [5, 5.41) is 10.3. The Labute approximate surface area is 123 Å². The first-order valence-corrected chi connectivity index (χ1v) is 7.48. The van der Waals surface area contributed by atoms with Gasteiger partial charge in [-0.15, -0.1) is 0 Å². The Bertz CT molecular complexity index is 415. The smallest absolute Gasteiger partial charge is 0.123 e. The maximum Gasteiger partial charge on any atom is 0.123 e. The lowest BCUT2D eigenvalue weighted by molar-refractivity contribution is 0.127. The molecule has 0 radical (unpaired) electrons. The minimum Gasteiger partial charge on any atom is -0.496 e. The summed E-state index contributed by atoms with van der Waals surface area (Å²) in [7, 11) is 1.64. The Kier molecular flexibility index (Phi) is 6.50. The molecule has 114 valence electrons. The van der Waals surface area contributed by atoms with E-state index < -0.39 is 12.1 Å². The number of hydrogen-bond acceptors (Lipinski definition) is 3. The third-order valence-electron chi connectivity index (χ3n) is 3.73. The summed E-state index contributed by atoms with van der Waals surface area (Å²) in [6.07, 6.45) is 1.16. The summed E-state index contributed by atoms with van der Waals surface area (Å²) in [6, 6.07) is 5.66. The third-order valence-corrected chi connectivity index (χ3v) is 3.73. The molecule has 0 aliphatic carbocycles. The minimum atomic E-state index is -0.534. The van der Waals surface area contributed by atoms with Crippen molar-refractivity contribution >= 4 is 0 Å². The molecular weight excluding hydrogens is 250 g/mol. The molecular formula is C17H29NO2. The van der Waals surface area contributed by atoms with E-state index in [4.69, 9.17) is 10.5 Å². The molecule has 1 aromatic carbocycles. The fourth-order valence-electron chi connectivity index (χ4n) is 2.26. The predicted molar refractivity (Wildman–Crippen MR) is 84.1 cm³/mol. The monoisotopic (exact) mass is 279 g/mol. The van der Waals surface area contributed by atoms with Gasteiger partial charge in [-0.2, -0.15) is 0 Å². The summed E-state index contributed by atoms with van der Waals surface area (Å²) in [6.45, 7) is 8.59. The molecule has 0 fully saturated rings. The van der Waals surface area contributed by atoms with Crippen LogP contribution in [0.4, 0.5) is 0 Å². The van der Waals surface area contributed by atoms with Crippen molar-refractivity contribution in [3.8, 4) is 5.75 Å². The van der Waals surface area contributed by atoms with Gasteiger partial charge in [-0.25, -0.2) is 0 Å². The van der Waals surface area contributed by atoms with Crippen LogP contribution in [0.1, 0.15) is 63.6 Å². The molecule has 3 N–H and O–H groups in total. The van der Waals surface area contributed by atoms with Gasteiger partial charge in [-0.3, -0.25) is 0 Å². The summed E-state index contributed by atoms with van der Waals surface area (Å²) in [5.41, 5.74) is 8.35. The summed E-state index contributed by atoms with van der Waals surface area (Å²) in [4.78, 5) is 0. The van der Waals surface area contributed by atoms with Gasteiger partial charge in [-0.1, -0.05) is 39.8 Å². The van der Waals surface area contributed by atoms with E-state index in [0.29, 0.717) is 18.3 Å². The second-order valence-electron chi connectivity index (χ2n) is 6.22. The zero-order valence-corrected chi connectivity index (χ0v) is 13.4. The lowest BCUT2D eigenvalue weighted by Gasteiger charge is -2.23. The number of ether oxygens (including phenoxy) is 1. The highest BCUT2D eigenvalue weighted by Crippen LogP contribution is 2.30. The fraction of sp³-hybridized carbons (Fsp3) is 0.647. The van der Waals surface area contributed by atoms with Crippen molar-refractivity contribution in [2.45, 2.75) is 58.6 Å². The molecule has 0 aliphatic rings. The van der Waals surface area contributed by atoms with Gasteiger partial charge in [0.05, 0.1) is 19.3 Å². The molecule has 0 unspecified atom stereocenters. The van der Waals surface area contributed by atoms with Crippen LogP contribution in [0.25, 0.3) is 0 Å². The van der Waals surface area contributed by atoms with Gasteiger partial charge >= 0.3 is 0 Å². The van der Waals surface area contributed by atoms with Crippen molar-refractivity contribution in [2.75, 3.05) is 7.11 Å². The van der Waals surface area contributed by atoms with Gasteiger partial charge in [0.2, 0.25) is 0 Å². The number of aliphatic hydroxyl groups is 1. The number of nitrogens with two attached hydrogens (primary N) is 1. The second-order valence-corrected chi connectivity index (χ2v) is 6.22. The Morgan fingerprint density at radius 2 is 1.80 bits per heavy atom.